The van der Waals surface area contributed by atoms with Gasteiger partial charge in [0.1, 0.15) is 11.8 Å². The minimum atomic E-state index is -4.75. The molecule has 0 bridgehead atoms. The van der Waals surface area contributed by atoms with E-state index in [0.29, 0.717) is 0 Å². The van der Waals surface area contributed by atoms with Crippen molar-refractivity contribution in [3.63, 3.8) is 0 Å². The zero-order valence-electron chi connectivity index (χ0n) is 10.9. The number of rotatable bonds is 3. The lowest BCUT2D eigenvalue weighted by molar-refractivity contribution is -0.147. The number of nitrogens with zero attached hydrogens (tertiary/aromatic N) is 3. The van der Waals surface area contributed by atoms with Crippen LogP contribution in [0.25, 0.3) is 0 Å². The standard InChI is InChI=1S/C12H10F3N3O4/c13-12(14,15)10-9(22-11(20)6-3-17-21-5-6)4-16-18(10)7-1-8(19)2-7/h3-5,7-8,19H,1-2H2. The minimum absolute atomic E-state index is 0.111. The summed E-state index contributed by atoms with van der Waals surface area (Å²) in [4.78, 5) is 11.7. The summed E-state index contributed by atoms with van der Waals surface area (Å²) in [5.74, 6) is -1.72. The van der Waals surface area contributed by atoms with Gasteiger partial charge in [0.25, 0.3) is 0 Å². The van der Waals surface area contributed by atoms with Crippen LogP contribution in [-0.4, -0.2) is 32.1 Å². The van der Waals surface area contributed by atoms with Crippen molar-refractivity contribution in [1.82, 2.24) is 14.9 Å². The molecule has 10 heteroatoms. The zero-order valence-corrected chi connectivity index (χ0v) is 10.9. The van der Waals surface area contributed by atoms with E-state index in [1.165, 1.54) is 0 Å². The molecule has 1 saturated carbocycles. The maximum atomic E-state index is 13.2. The van der Waals surface area contributed by atoms with Crippen LogP contribution in [0.5, 0.6) is 5.75 Å². The van der Waals surface area contributed by atoms with Gasteiger partial charge < -0.3 is 14.4 Å². The van der Waals surface area contributed by atoms with E-state index < -0.39 is 35.7 Å². The van der Waals surface area contributed by atoms with Crippen molar-refractivity contribution in [1.29, 1.82) is 0 Å². The van der Waals surface area contributed by atoms with Crippen LogP contribution in [-0.2, 0) is 6.18 Å². The van der Waals surface area contributed by atoms with Crippen LogP contribution < -0.4 is 4.74 Å². The van der Waals surface area contributed by atoms with Crippen LogP contribution in [0.2, 0.25) is 0 Å². The van der Waals surface area contributed by atoms with Gasteiger partial charge in [0.2, 0.25) is 0 Å². The van der Waals surface area contributed by atoms with Gasteiger partial charge >= 0.3 is 12.1 Å². The Morgan fingerprint density at radius 3 is 2.68 bits per heavy atom. The summed E-state index contributed by atoms with van der Waals surface area (Å²) in [7, 11) is 0. The van der Waals surface area contributed by atoms with Crippen LogP contribution in [0, 0.1) is 0 Å². The number of ether oxygens (including phenoxy) is 1. The van der Waals surface area contributed by atoms with Crippen LogP contribution in [0.3, 0.4) is 0 Å². The van der Waals surface area contributed by atoms with Gasteiger partial charge in [-0.05, 0) is 12.8 Å². The Balaban J connectivity index is 1.89. The molecular formula is C12H10F3N3O4. The highest BCUT2D eigenvalue weighted by Gasteiger charge is 2.43. The first-order valence-electron chi connectivity index (χ1n) is 6.30. The summed E-state index contributed by atoms with van der Waals surface area (Å²) in [6.45, 7) is 0. The minimum Gasteiger partial charge on any atom is -0.419 e. The second-order valence-electron chi connectivity index (χ2n) is 4.88. The topological polar surface area (TPSA) is 90.4 Å². The average molecular weight is 317 g/mol. The van der Waals surface area contributed by atoms with E-state index in [4.69, 9.17) is 4.74 Å². The molecule has 0 amide bonds. The molecule has 1 aliphatic rings. The number of aromatic nitrogens is 3. The molecule has 1 N–H and O–H groups in total. The molecule has 7 nitrogen and oxygen atoms in total. The number of carbonyl (C=O) groups excluding carboxylic acids is 1. The monoisotopic (exact) mass is 317 g/mol. The molecule has 2 aromatic heterocycles. The van der Waals surface area contributed by atoms with E-state index in [1.54, 1.807) is 0 Å². The number of aliphatic hydroxyl groups is 1. The molecule has 2 aromatic rings. The third kappa shape index (κ3) is 2.56. The fourth-order valence-electron chi connectivity index (χ4n) is 2.19. The molecule has 0 spiro atoms. The van der Waals surface area contributed by atoms with Gasteiger partial charge in [0.15, 0.2) is 11.4 Å². The molecule has 2 heterocycles. The maximum Gasteiger partial charge on any atom is 0.436 e. The van der Waals surface area contributed by atoms with E-state index in [2.05, 4.69) is 14.8 Å². The molecule has 118 valence electrons. The molecule has 0 aliphatic heterocycles. The summed E-state index contributed by atoms with van der Waals surface area (Å²) < 4.78 is 49.5. The summed E-state index contributed by atoms with van der Waals surface area (Å²) in [6, 6.07) is -0.574. The van der Waals surface area contributed by atoms with Gasteiger partial charge in [-0.25, -0.2) is 4.79 Å². The first-order valence-corrected chi connectivity index (χ1v) is 6.30. The van der Waals surface area contributed by atoms with E-state index >= 15 is 0 Å². The Kier molecular flexibility index (Phi) is 3.39. The Bertz CT molecular complexity index is 674. The Morgan fingerprint density at radius 1 is 1.41 bits per heavy atom. The maximum absolute atomic E-state index is 13.2. The van der Waals surface area contributed by atoms with Crippen molar-refractivity contribution in [3.8, 4) is 5.75 Å². The van der Waals surface area contributed by atoms with Gasteiger partial charge in [0.05, 0.1) is 24.5 Å². The Morgan fingerprint density at radius 2 is 2.14 bits per heavy atom. The molecule has 0 radical (unpaired) electrons. The van der Waals surface area contributed by atoms with Crippen molar-refractivity contribution < 1.29 is 32.3 Å². The number of aliphatic hydroxyl groups excluding tert-OH is 1. The number of hydrogen-bond donors (Lipinski definition) is 1. The van der Waals surface area contributed by atoms with Gasteiger partial charge in [-0.2, -0.15) is 18.3 Å². The van der Waals surface area contributed by atoms with Crippen LogP contribution in [0.15, 0.2) is 23.2 Å². The highest BCUT2D eigenvalue weighted by atomic mass is 19.4. The predicted octanol–water partition coefficient (Wildman–Crippen LogP) is 1.80. The normalized spacial score (nSPS) is 21.5. The number of alkyl halides is 3. The van der Waals surface area contributed by atoms with Gasteiger partial charge in [0, 0.05) is 0 Å². The second-order valence-corrected chi connectivity index (χ2v) is 4.88. The van der Waals surface area contributed by atoms with Crippen molar-refractivity contribution in [2.24, 2.45) is 0 Å². The van der Waals surface area contributed by atoms with Crippen LogP contribution in [0.4, 0.5) is 13.2 Å². The Hall–Kier alpha value is -2.36. The summed E-state index contributed by atoms with van der Waals surface area (Å²) in [5.41, 5.74) is -1.27. The van der Waals surface area contributed by atoms with Gasteiger partial charge in [-0.15, -0.1) is 0 Å². The Labute approximate surface area is 121 Å². The van der Waals surface area contributed by atoms with E-state index in [9.17, 15) is 23.1 Å². The van der Waals surface area contributed by atoms with Crippen LogP contribution >= 0.6 is 0 Å². The molecule has 1 fully saturated rings. The average Bonchev–Trinajstić information content (AvgIpc) is 3.03. The van der Waals surface area contributed by atoms with E-state index in [0.717, 1.165) is 23.3 Å². The van der Waals surface area contributed by atoms with E-state index in [-0.39, 0.29) is 18.4 Å². The quantitative estimate of drug-likeness (QED) is 0.868. The molecule has 3 rings (SSSR count). The van der Waals surface area contributed by atoms with Crippen molar-refractivity contribution in [2.75, 3.05) is 0 Å². The lowest BCUT2D eigenvalue weighted by Crippen LogP contribution is -2.33. The van der Waals surface area contributed by atoms with Crippen LogP contribution in [0.1, 0.15) is 34.9 Å². The third-order valence-corrected chi connectivity index (χ3v) is 3.34. The molecule has 22 heavy (non-hydrogen) atoms. The second kappa shape index (κ2) is 5.13. The van der Waals surface area contributed by atoms with Gasteiger partial charge in [-0.3, -0.25) is 4.68 Å². The highest BCUT2D eigenvalue weighted by Crippen LogP contribution is 2.42. The highest BCUT2D eigenvalue weighted by molar-refractivity contribution is 5.90. The molecule has 1 aliphatic carbocycles. The number of halogens is 3. The molecule has 0 saturated heterocycles. The predicted molar refractivity (Wildman–Crippen MR) is 63.0 cm³/mol. The summed E-state index contributed by atoms with van der Waals surface area (Å²) in [6.07, 6.45) is -2.23. The largest absolute Gasteiger partial charge is 0.436 e. The fraction of sp³-hybridized carbons (Fsp3) is 0.417. The lowest BCUT2D eigenvalue weighted by Gasteiger charge is -2.32. The molecule has 0 aromatic carbocycles. The first kappa shape index (κ1) is 14.6. The number of carbonyl (C=O) groups is 1. The van der Waals surface area contributed by atoms with Crippen molar-refractivity contribution >= 4 is 5.97 Å². The third-order valence-electron chi connectivity index (χ3n) is 3.34. The SMILES string of the molecule is O=C(Oc1cnn(C2CC(O)C2)c1C(F)(F)F)c1cnoc1. The van der Waals surface area contributed by atoms with Crippen molar-refractivity contribution in [2.45, 2.75) is 31.2 Å². The summed E-state index contributed by atoms with van der Waals surface area (Å²) in [5, 5.41) is 16.1. The van der Waals surface area contributed by atoms with Gasteiger partial charge in [-0.1, -0.05) is 5.16 Å². The fourth-order valence-corrected chi connectivity index (χ4v) is 2.19. The zero-order chi connectivity index (χ0) is 15.9. The lowest BCUT2D eigenvalue weighted by atomic mass is 9.89. The number of hydrogen-bond acceptors (Lipinski definition) is 6. The molecular weight excluding hydrogens is 307 g/mol. The first-order chi connectivity index (χ1) is 10.4. The van der Waals surface area contributed by atoms with Crippen molar-refractivity contribution in [3.05, 3.63) is 29.9 Å². The molecule has 0 atom stereocenters. The molecule has 0 unspecified atom stereocenters. The van der Waals surface area contributed by atoms with E-state index in [1.807, 2.05) is 0 Å². The summed E-state index contributed by atoms with van der Waals surface area (Å²) >= 11 is 0. The smallest absolute Gasteiger partial charge is 0.419 e. The number of esters is 1.